The fourth-order valence-corrected chi connectivity index (χ4v) is 4.14. The number of sulfonamides is 1. The molecule has 0 atom stereocenters. The highest BCUT2D eigenvalue weighted by Crippen LogP contribution is 2.29. The van der Waals surface area contributed by atoms with Crippen molar-refractivity contribution in [1.82, 2.24) is 10.0 Å². The molecule has 0 saturated carbocycles. The maximum absolute atomic E-state index is 12.6. The Morgan fingerprint density at radius 1 is 0.818 bits per heavy atom. The van der Waals surface area contributed by atoms with Crippen molar-refractivity contribution in [2.75, 3.05) is 33.4 Å². The number of hydrogen-bond acceptors (Lipinski definition) is 4. The number of ether oxygens (including phenoxy) is 1. The van der Waals surface area contributed by atoms with E-state index in [0.717, 1.165) is 27.8 Å². The van der Waals surface area contributed by atoms with Gasteiger partial charge >= 0.3 is 0 Å². The van der Waals surface area contributed by atoms with Crippen molar-refractivity contribution >= 4 is 10.0 Å². The molecule has 5 nitrogen and oxygen atoms in total. The molecule has 0 aromatic heterocycles. The lowest BCUT2D eigenvalue weighted by molar-refractivity contribution is 0.199. The van der Waals surface area contributed by atoms with E-state index in [1.807, 2.05) is 34.6 Å². The standard InChI is InChI=1S/C16H28N2O3S/c1-11-12(2)14(4)16(15(5)13(11)3)22(19,20)18-8-7-17-9-10-21-6/h17-18H,7-10H2,1-6H3. The molecular formula is C16H28N2O3S. The predicted octanol–water partition coefficient (Wildman–Crippen LogP) is 1.74. The largest absolute Gasteiger partial charge is 0.383 e. The number of nitrogens with one attached hydrogen (secondary N) is 2. The van der Waals surface area contributed by atoms with E-state index in [9.17, 15) is 8.42 Å². The summed E-state index contributed by atoms with van der Waals surface area (Å²) in [6.07, 6.45) is 0. The molecular weight excluding hydrogens is 300 g/mol. The highest BCUT2D eigenvalue weighted by molar-refractivity contribution is 7.89. The van der Waals surface area contributed by atoms with Gasteiger partial charge in [0, 0.05) is 26.7 Å². The lowest BCUT2D eigenvalue weighted by Gasteiger charge is -2.19. The Bertz CT molecular complexity index is 596. The van der Waals surface area contributed by atoms with Crippen LogP contribution in [0.3, 0.4) is 0 Å². The minimum absolute atomic E-state index is 0.358. The van der Waals surface area contributed by atoms with E-state index >= 15 is 0 Å². The Labute approximate surface area is 134 Å². The second-order valence-corrected chi connectivity index (χ2v) is 7.30. The van der Waals surface area contributed by atoms with Crippen molar-refractivity contribution in [2.24, 2.45) is 0 Å². The molecule has 126 valence electrons. The molecule has 0 radical (unpaired) electrons. The minimum Gasteiger partial charge on any atom is -0.383 e. The maximum atomic E-state index is 12.6. The van der Waals surface area contributed by atoms with Gasteiger partial charge in [-0.3, -0.25) is 0 Å². The van der Waals surface area contributed by atoms with Crippen LogP contribution in [0.15, 0.2) is 4.90 Å². The summed E-state index contributed by atoms with van der Waals surface area (Å²) in [6.45, 7) is 12.0. The van der Waals surface area contributed by atoms with Gasteiger partial charge in [-0.2, -0.15) is 0 Å². The molecule has 0 aliphatic heterocycles. The molecule has 0 aliphatic rings. The van der Waals surface area contributed by atoms with E-state index in [4.69, 9.17) is 4.74 Å². The van der Waals surface area contributed by atoms with Gasteiger partial charge in [0.2, 0.25) is 10.0 Å². The second kappa shape index (κ2) is 8.06. The average molecular weight is 328 g/mol. The van der Waals surface area contributed by atoms with Crippen LogP contribution in [0.2, 0.25) is 0 Å². The molecule has 0 saturated heterocycles. The van der Waals surface area contributed by atoms with Gasteiger partial charge in [-0.1, -0.05) is 0 Å². The molecule has 1 rings (SSSR count). The van der Waals surface area contributed by atoms with Crippen LogP contribution in [0.5, 0.6) is 0 Å². The summed E-state index contributed by atoms with van der Waals surface area (Å²) >= 11 is 0. The minimum atomic E-state index is -3.50. The predicted molar refractivity (Wildman–Crippen MR) is 90.1 cm³/mol. The zero-order valence-electron chi connectivity index (χ0n) is 14.5. The third-order valence-corrected chi connectivity index (χ3v) is 6.01. The average Bonchev–Trinajstić information content (AvgIpc) is 2.46. The van der Waals surface area contributed by atoms with Crippen LogP contribution in [0.1, 0.15) is 27.8 Å². The normalized spacial score (nSPS) is 11.9. The summed E-state index contributed by atoms with van der Waals surface area (Å²) in [4.78, 5) is 0.421. The number of methoxy groups -OCH3 is 1. The fourth-order valence-electron chi connectivity index (χ4n) is 2.51. The summed E-state index contributed by atoms with van der Waals surface area (Å²) in [7, 11) is -1.86. The molecule has 1 aromatic rings. The second-order valence-electron chi connectivity index (χ2n) is 5.59. The molecule has 0 aliphatic carbocycles. The smallest absolute Gasteiger partial charge is 0.241 e. The van der Waals surface area contributed by atoms with Gasteiger partial charge in [0.15, 0.2) is 0 Å². The molecule has 22 heavy (non-hydrogen) atoms. The van der Waals surface area contributed by atoms with Crippen LogP contribution in [0.4, 0.5) is 0 Å². The van der Waals surface area contributed by atoms with Crippen molar-refractivity contribution in [2.45, 2.75) is 39.5 Å². The van der Waals surface area contributed by atoms with Crippen molar-refractivity contribution in [3.05, 3.63) is 27.8 Å². The zero-order valence-corrected chi connectivity index (χ0v) is 15.3. The van der Waals surface area contributed by atoms with Crippen LogP contribution in [0.25, 0.3) is 0 Å². The Kier molecular flexibility index (Phi) is 6.99. The zero-order chi connectivity index (χ0) is 16.9. The molecule has 0 bridgehead atoms. The Morgan fingerprint density at radius 3 is 1.82 bits per heavy atom. The topological polar surface area (TPSA) is 67.4 Å². The Morgan fingerprint density at radius 2 is 1.32 bits per heavy atom. The summed E-state index contributed by atoms with van der Waals surface area (Å²) < 4.78 is 32.8. The van der Waals surface area contributed by atoms with E-state index < -0.39 is 10.0 Å². The number of hydrogen-bond donors (Lipinski definition) is 2. The molecule has 0 fully saturated rings. The van der Waals surface area contributed by atoms with Crippen LogP contribution < -0.4 is 10.0 Å². The molecule has 1 aromatic carbocycles. The summed E-state index contributed by atoms with van der Waals surface area (Å²) in [6, 6.07) is 0. The van der Waals surface area contributed by atoms with Crippen molar-refractivity contribution < 1.29 is 13.2 Å². The van der Waals surface area contributed by atoms with Crippen LogP contribution >= 0.6 is 0 Å². The van der Waals surface area contributed by atoms with Gasteiger partial charge < -0.3 is 10.1 Å². The molecule has 6 heteroatoms. The number of benzene rings is 1. The molecule has 2 N–H and O–H groups in total. The lowest BCUT2D eigenvalue weighted by atomic mass is 9.95. The molecule has 0 amide bonds. The number of rotatable bonds is 8. The maximum Gasteiger partial charge on any atom is 0.241 e. The first kappa shape index (κ1) is 19.1. The van der Waals surface area contributed by atoms with E-state index in [1.54, 1.807) is 7.11 Å². The van der Waals surface area contributed by atoms with E-state index in [0.29, 0.717) is 31.1 Å². The van der Waals surface area contributed by atoms with Crippen LogP contribution in [-0.2, 0) is 14.8 Å². The van der Waals surface area contributed by atoms with Gasteiger partial charge in [-0.25, -0.2) is 13.1 Å². The molecule has 0 spiro atoms. The fraction of sp³-hybridized carbons (Fsp3) is 0.625. The van der Waals surface area contributed by atoms with Gasteiger partial charge in [0.1, 0.15) is 0 Å². The third kappa shape index (κ3) is 4.29. The summed E-state index contributed by atoms with van der Waals surface area (Å²) in [5.74, 6) is 0. The van der Waals surface area contributed by atoms with Gasteiger partial charge in [-0.05, 0) is 62.4 Å². The lowest BCUT2D eigenvalue weighted by Crippen LogP contribution is -2.34. The third-order valence-electron chi connectivity index (χ3n) is 4.28. The van der Waals surface area contributed by atoms with Gasteiger partial charge in [-0.15, -0.1) is 0 Å². The molecule has 0 heterocycles. The van der Waals surface area contributed by atoms with Crippen LogP contribution in [0, 0.1) is 34.6 Å². The van der Waals surface area contributed by atoms with Crippen molar-refractivity contribution in [1.29, 1.82) is 0 Å². The summed E-state index contributed by atoms with van der Waals surface area (Å²) in [5.41, 5.74) is 4.92. The quantitative estimate of drug-likeness (QED) is 0.713. The Hall–Kier alpha value is -0.950. The van der Waals surface area contributed by atoms with Gasteiger partial charge in [0.05, 0.1) is 11.5 Å². The van der Waals surface area contributed by atoms with E-state index in [1.165, 1.54) is 0 Å². The molecule has 0 unspecified atom stereocenters. The highest BCUT2D eigenvalue weighted by atomic mass is 32.2. The first-order chi connectivity index (χ1) is 10.2. The first-order valence-electron chi connectivity index (χ1n) is 7.50. The van der Waals surface area contributed by atoms with E-state index in [2.05, 4.69) is 10.0 Å². The summed E-state index contributed by atoms with van der Waals surface area (Å²) in [5, 5.41) is 3.12. The SMILES string of the molecule is COCCNCCNS(=O)(=O)c1c(C)c(C)c(C)c(C)c1C. The van der Waals surface area contributed by atoms with Crippen molar-refractivity contribution in [3.8, 4) is 0 Å². The Balaban J connectivity index is 2.90. The van der Waals surface area contributed by atoms with Gasteiger partial charge in [0.25, 0.3) is 0 Å². The highest BCUT2D eigenvalue weighted by Gasteiger charge is 2.22. The first-order valence-corrected chi connectivity index (χ1v) is 8.98. The van der Waals surface area contributed by atoms with Crippen LogP contribution in [-0.4, -0.2) is 41.8 Å². The monoisotopic (exact) mass is 328 g/mol. The van der Waals surface area contributed by atoms with E-state index in [-0.39, 0.29) is 0 Å². The van der Waals surface area contributed by atoms with Crippen molar-refractivity contribution in [3.63, 3.8) is 0 Å².